The van der Waals surface area contributed by atoms with Crippen molar-refractivity contribution in [3.05, 3.63) is 46.3 Å². The Bertz CT molecular complexity index is 988. The summed E-state index contributed by atoms with van der Waals surface area (Å²) in [5, 5.41) is 2.49. The van der Waals surface area contributed by atoms with Gasteiger partial charge in [-0.25, -0.2) is 4.98 Å². The fourth-order valence-electron chi connectivity index (χ4n) is 3.01. The first kappa shape index (κ1) is 19.1. The van der Waals surface area contributed by atoms with E-state index in [1.54, 1.807) is 4.90 Å². The van der Waals surface area contributed by atoms with E-state index in [0.29, 0.717) is 29.9 Å². The molecule has 0 fully saturated rings. The quantitative estimate of drug-likeness (QED) is 0.625. The highest BCUT2D eigenvalue weighted by Gasteiger charge is 2.16. The van der Waals surface area contributed by atoms with Gasteiger partial charge < -0.3 is 9.64 Å². The van der Waals surface area contributed by atoms with E-state index < -0.39 is 0 Å². The molecule has 0 atom stereocenters. The number of fused-ring (bicyclic) bond motifs is 1. The highest BCUT2D eigenvalue weighted by Crippen LogP contribution is 2.31. The van der Waals surface area contributed by atoms with E-state index in [1.165, 1.54) is 22.2 Å². The van der Waals surface area contributed by atoms with Crippen molar-refractivity contribution in [2.24, 2.45) is 0 Å². The first-order chi connectivity index (χ1) is 13.1. The van der Waals surface area contributed by atoms with Gasteiger partial charge in [-0.3, -0.25) is 14.2 Å². The van der Waals surface area contributed by atoms with Gasteiger partial charge in [0.25, 0.3) is 5.56 Å². The van der Waals surface area contributed by atoms with E-state index >= 15 is 0 Å². The maximum atomic E-state index is 13.0. The number of nitrogens with zero attached hydrogens (tertiary/aromatic N) is 3. The molecule has 0 bridgehead atoms. The molecular weight excluding hydrogens is 362 g/mol. The molecule has 7 heteroatoms. The highest BCUT2D eigenvalue weighted by molar-refractivity contribution is 7.17. The van der Waals surface area contributed by atoms with Crippen molar-refractivity contribution in [2.75, 3.05) is 19.7 Å². The van der Waals surface area contributed by atoms with Gasteiger partial charge in [0.05, 0.1) is 18.3 Å². The second-order valence-corrected chi connectivity index (χ2v) is 6.89. The molecule has 0 aliphatic rings. The fourth-order valence-corrected chi connectivity index (χ4v) is 3.92. The van der Waals surface area contributed by atoms with Crippen LogP contribution in [0, 0.1) is 0 Å². The van der Waals surface area contributed by atoms with Crippen LogP contribution < -0.4 is 10.3 Å². The Balaban J connectivity index is 1.99. The Labute approximate surface area is 162 Å². The number of carbonyl (C=O) groups is 1. The smallest absolute Gasteiger partial charge is 0.263 e. The monoisotopic (exact) mass is 385 g/mol. The van der Waals surface area contributed by atoms with E-state index in [9.17, 15) is 9.59 Å². The zero-order chi connectivity index (χ0) is 19.4. The van der Waals surface area contributed by atoms with Crippen LogP contribution in [0.25, 0.3) is 21.3 Å². The Morgan fingerprint density at radius 2 is 1.89 bits per heavy atom. The van der Waals surface area contributed by atoms with Crippen molar-refractivity contribution >= 4 is 27.5 Å². The average molecular weight is 385 g/mol. The van der Waals surface area contributed by atoms with Crippen LogP contribution in [0.3, 0.4) is 0 Å². The lowest BCUT2D eigenvalue weighted by atomic mass is 10.1. The molecule has 0 aliphatic heterocycles. The van der Waals surface area contributed by atoms with Crippen molar-refractivity contribution in [2.45, 2.75) is 27.3 Å². The van der Waals surface area contributed by atoms with Crippen LogP contribution in [0.2, 0.25) is 0 Å². The van der Waals surface area contributed by atoms with Gasteiger partial charge in [0, 0.05) is 24.0 Å². The molecule has 0 saturated carbocycles. The SMILES string of the molecule is CCOc1ccc(-c2csc3ncn(CC(=O)N(CC)CC)c(=O)c23)cc1. The third-order valence-electron chi connectivity index (χ3n) is 4.46. The number of amides is 1. The van der Waals surface area contributed by atoms with E-state index in [4.69, 9.17) is 4.74 Å². The molecule has 1 aromatic carbocycles. The molecule has 142 valence electrons. The molecule has 2 aromatic heterocycles. The Morgan fingerprint density at radius 1 is 1.19 bits per heavy atom. The third kappa shape index (κ3) is 3.88. The van der Waals surface area contributed by atoms with Gasteiger partial charge in [-0.05, 0) is 38.5 Å². The molecule has 0 spiro atoms. The van der Waals surface area contributed by atoms with Crippen molar-refractivity contribution in [3.63, 3.8) is 0 Å². The van der Waals surface area contributed by atoms with Gasteiger partial charge in [-0.1, -0.05) is 12.1 Å². The minimum Gasteiger partial charge on any atom is -0.494 e. The number of rotatable bonds is 7. The van der Waals surface area contributed by atoms with Gasteiger partial charge in [0.2, 0.25) is 5.91 Å². The summed E-state index contributed by atoms with van der Waals surface area (Å²) in [5.74, 6) is 0.710. The minimum atomic E-state index is -0.189. The molecule has 27 heavy (non-hydrogen) atoms. The summed E-state index contributed by atoms with van der Waals surface area (Å²) in [5.41, 5.74) is 1.57. The molecular formula is C20H23N3O3S. The van der Waals surface area contributed by atoms with E-state index in [-0.39, 0.29) is 18.0 Å². The second kappa shape index (κ2) is 8.35. The van der Waals surface area contributed by atoms with E-state index in [1.807, 2.05) is 50.4 Å². The Hall–Kier alpha value is -2.67. The minimum absolute atomic E-state index is 0.00200. The lowest BCUT2D eigenvalue weighted by Gasteiger charge is -2.18. The van der Waals surface area contributed by atoms with E-state index in [0.717, 1.165) is 16.9 Å². The second-order valence-electron chi connectivity index (χ2n) is 6.03. The first-order valence-electron chi connectivity index (χ1n) is 9.06. The number of thiophene rings is 1. The number of hydrogen-bond donors (Lipinski definition) is 0. The molecule has 0 radical (unpaired) electrons. The summed E-state index contributed by atoms with van der Waals surface area (Å²) in [6.45, 7) is 7.64. The van der Waals surface area contributed by atoms with Gasteiger partial charge in [0.15, 0.2) is 0 Å². The Kier molecular flexibility index (Phi) is 5.91. The molecule has 3 rings (SSSR count). The fraction of sp³-hybridized carbons (Fsp3) is 0.350. The van der Waals surface area contributed by atoms with Crippen LogP contribution in [-0.4, -0.2) is 40.1 Å². The normalized spacial score (nSPS) is 10.9. The molecule has 1 amide bonds. The summed E-state index contributed by atoms with van der Waals surface area (Å²) in [7, 11) is 0. The van der Waals surface area contributed by atoms with Crippen molar-refractivity contribution in [1.29, 1.82) is 0 Å². The maximum absolute atomic E-state index is 13.0. The zero-order valence-corrected chi connectivity index (χ0v) is 16.6. The predicted octanol–water partition coefficient (Wildman–Crippen LogP) is 3.39. The molecule has 0 saturated heterocycles. The lowest BCUT2D eigenvalue weighted by Crippen LogP contribution is -2.36. The third-order valence-corrected chi connectivity index (χ3v) is 5.35. The zero-order valence-electron chi connectivity index (χ0n) is 15.8. The largest absolute Gasteiger partial charge is 0.494 e. The molecule has 3 aromatic rings. The highest BCUT2D eigenvalue weighted by atomic mass is 32.1. The van der Waals surface area contributed by atoms with Crippen LogP contribution >= 0.6 is 11.3 Å². The molecule has 0 unspecified atom stereocenters. The number of hydrogen-bond acceptors (Lipinski definition) is 5. The number of ether oxygens (including phenoxy) is 1. The van der Waals surface area contributed by atoms with Crippen molar-refractivity contribution in [3.8, 4) is 16.9 Å². The molecule has 2 heterocycles. The maximum Gasteiger partial charge on any atom is 0.263 e. The lowest BCUT2D eigenvalue weighted by molar-refractivity contribution is -0.131. The van der Waals surface area contributed by atoms with Gasteiger partial charge >= 0.3 is 0 Å². The van der Waals surface area contributed by atoms with Crippen molar-refractivity contribution in [1.82, 2.24) is 14.5 Å². The summed E-state index contributed by atoms with van der Waals surface area (Å²) in [6, 6.07) is 7.65. The van der Waals surface area contributed by atoms with Crippen LogP contribution in [0.4, 0.5) is 0 Å². The summed E-state index contributed by atoms with van der Waals surface area (Å²) in [4.78, 5) is 32.2. The molecule has 0 aliphatic carbocycles. The molecule has 0 N–H and O–H groups in total. The predicted molar refractivity (Wildman–Crippen MR) is 108 cm³/mol. The summed E-state index contributed by atoms with van der Waals surface area (Å²) in [6.07, 6.45) is 1.46. The molecule has 6 nitrogen and oxygen atoms in total. The van der Waals surface area contributed by atoms with Crippen LogP contribution in [0.1, 0.15) is 20.8 Å². The van der Waals surface area contributed by atoms with Gasteiger partial charge in [-0.2, -0.15) is 0 Å². The first-order valence-corrected chi connectivity index (χ1v) is 9.94. The number of benzene rings is 1. The van der Waals surface area contributed by atoms with Crippen LogP contribution in [0.5, 0.6) is 5.75 Å². The topological polar surface area (TPSA) is 64.4 Å². The number of likely N-dealkylation sites (N-methyl/N-ethyl adjacent to an activating group) is 1. The van der Waals surface area contributed by atoms with Crippen molar-refractivity contribution < 1.29 is 9.53 Å². The van der Waals surface area contributed by atoms with Gasteiger partial charge in [0.1, 0.15) is 17.1 Å². The summed E-state index contributed by atoms with van der Waals surface area (Å²) < 4.78 is 6.87. The summed E-state index contributed by atoms with van der Waals surface area (Å²) >= 11 is 1.43. The average Bonchev–Trinajstić information content (AvgIpc) is 3.11. The van der Waals surface area contributed by atoms with E-state index in [2.05, 4.69) is 4.98 Å². The van der Waals surface area contributed by atoms with Crippen LogP contribution in [0.15, 0.2) is 40.8 Å². The number of aromatic nitrogens is 2. The standard InChI is InChI=1S/C20H23N3O3S/c1-4-22(5-2)17(24)11-23-13-21-19-18(20(23)25)16(12-27-19)14-7-9-15(10-8-14)26-6-3/h7-10,12-13H,4-6,11H2,1-3H3. The Morgan fingerprint density at radius 3 is 2.52 bits per heavy atom. The number of carbonyl (C=O) groups excluding carboxylic acids is 1. The van der Waals surface area contributed by atoms with Gasteiger partial charge in [-0.15, -0.1) is 11.3 Å². The van der Waals surface area contributed by atoms with Crippen LogP contribution in [-0.2, 0) is 11.3 Å².